The average Bonchev–Trinajstić information content (AvgIpc) is 3.07. The fourth-order valence-corrected chi connectivity index (χ4v) is 2.71. The maximum atomic E-state index is 12.8. The number of esters is 1. The predicted octanol–water partition coefficient (Wildman–Crippen LogP) is 1.47. The number of nitrogens with zero attached hydrogens (tertiary/aromatic N) is 5. The molecule has 10 nitrogen and oxygen atoms in total. The van der Waals surface area contributed by atoms with E-state index in [1.54, 1.807) is 45.2 Å². The Morgan fingerprint density at radius 2 is 1.87 bits per heavy atom. The molecule has 0 aliphatic heterocycles. The summed E-state index contributed by atoms with van der Waals surface area (Å²) >= 11 is 0. The molecule has 0 saturated carbocycles. The Kier molecular flexibility index (Phi) is 6.26. The zero-order valence-electron chi connectivity index (χ0n) is 16.9. The van der Waals surface area contributed by atoms with Crippen molar-refractivity contribution in [3.63, 3.8) is 0 Å². The van der Waals surface area contributed by atoms with Crippen molar-refractivity contribution in [2.45, 2.75) is 13.8 Å². The van der Waals surface area contributed by atoms with Gasteiger partial charge in [0.2, 0.25) is 0 Å². The summed E-state index contributed by atoms with van der Waals surface area (Å²) in [7, 11) is 1.55. The van der Waals surface area contributed by atoms with Crippen LogP contribution in [0.4, 0.5) is 0 Å². The van der Waals surface area contributed by atoms with Crippen molar-refractivity contribution in [1.29, 1.82) is 0 Å². The minimum absolute atomic E-state index is 0.0287. The number of para-hydroxylation sites is 1. The fourth-order valence-electron chi connectivity index (χ4n) is 2.71. The van der Waals surface area contributed by atoms with E-state index in [0.29, 0.717) is 12.3 Å². The van der Waals surface area contributed by atoms with Gasteiger partial charge in [0.25, 0.3) is 0 Å². The molecule has 156 valence electrons. The molecular formula is C20H22N6O4. The van der Waals surface area contributed by atoms with E-state index in [0.717, 1.165) is 0 Å². The number of nitrogens with two attached hydrogens (primary N) is 1. The van der Waals surface area contributed by atoms with Gasteiger partial charge in [0.15, 0.2) is 11.7 Å². The standard InChI is InChI=1S/C20H22N6O4/c1-4-29-19(27)14-11-12-15(17(21)24-30-5-2)22-16(14)18-23-26(20(28)25(18)3)13-9-7-6-8-10-13/h6-12H,4-5H2,1-3H3,(H2,21,24). The molecule has 2 aromatic heterocycles. The van der Waals surface area contributed by atoms with E-state index in [1.165, 1.54) is 21.4 Å². The molecule has 0 bridgehead atoms. The lowest BCUT2D eigenvalue weighted by Crippen LogP contribution is -2.22. The number of ether oxygens (including phenoxy) is 1. The van der Waals surface area contributed by atoms with Crippen LogP contribution in [0.5, 0.6) is 0 Å². The molecule has 0 aliphatic rings. The van der Waals surface area contributed by atoms with Gasteiger partial charge in [-0.3, -0.25) is 4.57 Å². The minimum Gasteiger partial charge on any atom is -0.462 e. The number of carbonyl (C=O) groups excluding carboxylic acids is 1. The van der Waals surface area contributed by atoms with Gasteiger partial charge in [-0.2, -0.15) is 4.68 Å². The highest BCUT2D eigenvalue weighted by Crippen LogP contribution is 2.21. The summed E-state index contributed by atoms with van der Waals surface area (Å²) in [5.74, 6) is -0.382. The molecule has 0 saturated heterocycles. The zero-order chi connectivity index (χ0) is 21.7. The number of rotatable bonds is 7. The van der Waals surface area contributed by atoms with E-state index in [1.807, 2.05) is 6.07 Å². The number of benzene rings is 1. The van der Waals surface area contributed by atoms with Crippen molar-refractivity contribution in [3.8, 4) is 17.2 Å². The number of hydrogen-bond acceptors (Lipinski definition) is 7. The Morgan fingerprint density at radius 3 is 2.53 bits per heavy atom. The summed E-state index contributed by atoms with van der Waals surface area (Å²) in [5.41, 5.74) is 6.68. The minimum atomic E-state index is -0.589. The second kappa shape index (κ2) is 9.03. The first-order chi connectivity index (χ1) is 14.5. The van der Waals surface area contributed by atoms with Crippen molar-refractivity contribution < 1.29 is 14.4 Å². The van der Waals surface area contributed by atoms with Crippen LogP contribution < -0.4 is 11.4 Å². The smallest absolute Gasteiger partial charge is 0.350 e. The normalized spacial score (nSPS) is 11.4. The number of hydrogen-bond donors (Lipinski definition) is 1. The van der Waals surface area contributed by atoms with Crippen molar-refractivity contribution in [1.82, 2.24) is 19.3 Å². The second-order valence-corrected chi connectivity index (χ2v) is 6.12. The van der Waals surface area contributed by atoms with Crippen molar-refractivity contribution in [3.05, 3.63) is 64.2 Å². The first kappa shape index (κ1) is 20.8. The Bertz CT molecular complexity index is 1130. The first-order valence-electron chi connectivity index (χ1n) is 9.33. The summed E-state index contributed by atoms with van der Waals surface area (Å²) < 4.78 is 7.67. The van der Waals surface area contributed by atoms with Crippen molar-refractivity contribution in [2.75, 3.05) is 13.2 Å². The highest BCUT2D eigenvalue weighted by Gasteiger charge is 2.23. The predicted molar refractivity (Wildman–Crippen MR) is 110 cm³/mol. The molecule has 3 rings (SSSR count). The molecule has 0 atom stereocenters. The van der Waals surface area contributed by atoms with E-state index >= 15 is 0 Å². The van der Waals surface area contributed by atoms with Crippen LogP contribution in [0, 0.1) is 0 Å². The highest BCUT2D eigenvalue weighted by atomic mass is 16.6. The second-order valence-electron chi connectivity index (χ2n) is 6.12. The average molecular weight is 410 g/mol. The Hall–Kier alpha value is -3.95. The number of carbonyl (C=O) groups is 1. The van der Waals surface area contributed by atoms with Crippen LogP contribution >= 0.6 is 0 Å². The molecule has 0 amide bonds. The van der Waals surface area contributed by atoms with Crippen LogP contribution in [-0.4, -0.2) is 44.4 Å². The Morgan fingerprint density at radius 1 is 1.13 bits per heavy atom. The SMILES string of the molecule is CCO/N=C(\N)c1ccc(C(=O)OCC)c(-c2nn(-c3ccccc3)c(=O)n2C)n1. The van der Waals surface area contributed by atoms with E-state index in [4.69, 9.17) is 15.3 Å². The molecule has 0 radical (unpaired) electrons. The van der Waals surface area contributed by atoms with Crippen LogP contribution in [0.15, 0.2) is 52.4 Å². The maximum absolute atomic E-state index is 12.8. The van der Waals surface area contributed by atoms with Gasteiger partial charge >= 0.3 is 11.7 Å². The first-order valence-corrected chi connectivity index (χ1v) is 9.33. The lowest BCUT2D eigenvalue weighted by Gasteiger charge is -2.09. The third-order valence-corrected chi connectivity index (χ3v) is 4.14. The fraction of sp³-hybridized carbons (Fsp3) is 0.250. The monoisotopic (exact) mass is 410 g/mol. The van der Waals surface area contributed by atoms with Crippen LogP contribution in [-0.2, 0) is 16.6 Å². The van der Waals surface area contributed by atoms with Crippen molar-refractivity contribution in [2.24, 2.45) is 17.9 Å². The van der Waals surface area contributed by atoms with Gasteiger partial charge in [0, 0.05) is 7.05 Å². The number of oxime groups is 1. The summed E-state index contributed by atoms with van der Waals surface area (Å²) in [4.78, 5) is 34.7. The van der Waals surface area contributed by atoms with Crippen LogP contribution in [0.25, 0.3) is 17.2 Å². The lowest BCUT2D eigenvalue weighted by molar-refractivity contribution is 0.0526. The van der Waals surface area contributed by atoms with Gasteiger partial charge in [-0.15, -0.1) is 5.10 Å². The van der Waals surface area contributed by atoms with Gasteiger partial charge in [-0.25, -0.2) is 14.6 Å². The molecule has 30 heavy (non-hydrogen) atoms. The van der Waals surface area contributed by atoms with E-state index < -0.39 is 11.7 Å². The maximum Gasteiger partial charge on any atom is 0.350 e. The molecule has 0 fully saturated rings. The molecule has 0 unspecified atom stereocenters. The molecular weight excluding hydrogens is 388 g/mol. The molecule has 1 aromatic carbocycles. The summed E-state index contributed by atoms with van der Waals surface area (Å²) in [6.45, 7) is 3.99. The van der Waals surface area contributed by atoms with Gasteiger partial charge in [0.05, 0.1) is 17.9 Å². The molecule has 3 aromatic rings. The third-order valence-electron chi connectivity index (χ3n) is 4.14. The van der Waals surface area contributed by atoms with Gasteiger partial charge < -0.3 is 15.3 Å². The Labute approximate surface area is 172 Å². The third kappa shape index (κ3) is 4.07. The number of amidine groups is 1. The number of pyridine rings is 1. The molecule has 0 spiro atoms. The summed E-state index contributed by atoms with van der Waals surface area (Å²) in [6, 6.07) is 12.0. The zero-order valence-corrected chi connectivity index (χ0v) is 16.9. The molecule has 2 heterocycles. The largest absolute Gasteiger partial charge is 0.462 e. The van der Waals surface area contributed by atoms with E-state index in [9.17, 15) is 9.59 Å². The Balaban J connectivity index is 2.20. The lowest BCUT2D eigenvalue weighted by atomic mass is 10.1. The van der Waals surface area contributed by atoms with Gasteiger partial charge in [-0.05, 0) is 38.1 Å². The van der Waals surface area contributed by atoms with Crippen LogP contribution in [0.2, 0.25) is 0 Å². The molecule has 2 N–H and O–H groups in total. The quantitative estimate of drug-likeness (QED) is 0.270. The van der Waals surface area contributed by atoms with Crippen molar-refractivity contribution >= 4 is 11.8 Å². The molecule has 0 aliphatic carbocycles. The highest BCUT2D eigenvalue weighted by molar-refractivity contribution is 5.99. The topological polar surface area (TPSA) is 127 Å². The summed E-state index contributed by atoms with van der Waals surface area (Å²) in [6.07, 6.45) is 0. The van der Waals surface area contributed by atoms with E-state index in [2.05, 4.69) is 15.2 Å². The van der Waals surface area contributed by atoms with Gasteiger partial charge in [0.1, 0.15) is 18.0 Å². The summed E-state index contributed by atoms with van der Waals surface area (Å²) in [5, 5.41) is 8.17. The van der Waals surface area contributed by atoms with E-state index in [-0.39, 0.29) is 35.2 Å². The molecule has 10 heteroatoms. The van der Waals surface area contributed by atoms with Gasteiger partial charge in [-0.1, -0.05) is 23.4 Å². The van der Waals surface area contributed by atoms with Crippen LogP contribution in [0.1, 0.15) is 29.9 Å². The van der Waals surface area contributed by atoms with Crippen LogP contribution in [0.3, 0.4) is 0 Å². The number of aromatic nitrogens is 4.